The lowest BCUT2D eigenvalue weighted by Gasteiger charge is -2.28. The third-order valence-electron chi connectivity index (χ3n) is 9.05. The van der Waals surface area contributed by atoms with Crippen molar-refractivity contribution in [2.75, 3.05) is 47.5 Å². The molecule has 4 unspecified atom stereocenters. The Morgan fingerprint density at radius 3 is 1.87 bits per heavy atom. The Bertz CT molecular complexity index is 1110. The van der Waals surface area contributed by atoms with Gasteiger partial charge in [0.2, 0.25) is 0 Å². The van der Waals surface area contributed by atoms with E-state index in [4.69, 9.17) is 23.3 Å². The maximum Gasteiger partial charge on any atom is 0.306 e. The Hall–Kier alpha value is -2.00. The Morgan fingerprint density at radius 2 is 1.26 bits per heavy atom. The molecular weight excluding hydrogens is 701 g/mol. The molecule has 1 heterocycles. The fraction of sp³-hybridized carbons (Fsp3) is 0.750. The maximum absolute atomic E-state index is 12.7. The van der Waals surface area contributed by atoms with Crippen molar-refractivity contribution in [2.45, 2.75) is 167 Å². The highest BCUT2D eigenvalue weighted by Gasteiger charge is 2.36. The van der Waals surface area contributed by atoms with Gasteiger partial charge >= 0.3 is 5.97 Å². The standard InChI is InChI=1S/C44H78NO8P/c1-6-8-10-12-14-16-17-18-19-20-22-24-28-32-37-49-39-41(40-51-54(47,48)50-38-36-45(3,4)5)52-44(46)35-31-27-26-30-34-43-42(53-43)33-29-25-23-21-15-13-11-9-7-2/h9,11,15,21,25-26,29-30,32,37,41-43H,6-8,10,12-14,16-20,22-24,27-28,31,33-36,38-40H2,1-5H3/b11-9-,21-15-,29-25-,30-26-,37-32-. The maximum atomic E-state index is 12.7. The van der Waals surface area contributed by atoms with Gasteiger partial charge in [-0.1, -0.05) is 133 Å². The second-order valence-corrected chi connectivity index (χ2v) is 16.8. The number of phosphoric ester groups is 1. The van der Waals surface area contributed by atoms with Crippen LogP contribution in [0.15, 0.2) is 60.9 Å². The van der Waals surface area contributed by atoms with Gasteiger partial charge in [-0.05, 0) is 63.9 Å². The van der Waals surface area contributed by atoms with E-state index in [1.807, 2.05) is 27.2 Å². The van der Waals surface area contributed by atoms with Crippen LogP contribution in [0, 0.1) is 0 Å². The van der Waals surface area contributed by atoms with Crippen LogP contribution in [0.3, 0.4) is 0 Å². The van der Waals surface area contributed by atoms with Crippen molar-refractivity contribution in [3.8, 4) is 0 Å². The molecule has 312 valence electrons. The summed E-state index contributed by atoms with van der Waals surface area (Å²) in [7, 11) is 1.27. The second-order valence-electron chi connectivity index (χ2n) is 15.4. The van der Waals surface area contributed by atoms with Gasteiger partial charge in [-0.3, -0.25) is 9.36 Å². The lowest BCUT2D eigenvalue weighted by Crippen LogP contribution is -2.37. The second kappa shape index (κ2) is 33.2. The number of ether oxygens (including phenoxy) is 3. The Morgan fingerprint density at radius 1 is 0.704 bits per heavy atom. The van der Waals surface area contributed by atoms with Gasteiger partial charge in [0.15, 0.2) is 6.10 Å². The molecule has 9 nitrogen and oxygen atoms in total. The van der Waals surface area contributed by atoms with Gasteiger partial charge in [0.25, 0.3) is 7.82 Å². The minimum absolute atomic E-state index is 0.000627. The molecule has 54 heavy (non-hydrogen) atoms. The number of epoxide rings is 1. The quantitative estimate of drug-likeness (QED) is 0.0117. The van der Waals surface area contributed by atoms with Gasteiger partial charge in [0.05, 0.1) is 46.2 Å². The Labute approximate surface area is 330 Å². The number of phosphoric acid groups is 1. The van der Waals surface area contributed by atoms with Gasteiger partial charge in [-0.25, -0.2) is 0 Å². The van der Waals surface area contributed by atoms with Crippen LogP contribution in [0.25, 0.3) is 0 Å². The van der Waals surface area contributed by atoms with Crippen LogP contribution in [0.5, 0.6) is 0 Å². The molecule has 10 heteroatoms. The molecule has 0 bridgehead atoms. The van der Waals surface area contributed by atoms with Gasteiger partial charge in [0, 0.05) is 6.42 Å². The van der Waals surface area contributed by atoms with Crippen molar-refractivity contribution >= 4 is 13.8 Å². The number of rotatable bonds is 37. The molecule has 0 N–H and O–H groups in total. The first-order valence-electron chi connectivity index (χ1n) is 21.2. The van der Waals surface area contributed by atoms with Crippen molar-refractivity contribution in [3.05, 3.63) is 60.9 Å². The molecule has 0 aromatic carbocycles. The molecule has 1 saturated heterocycles. The van der Waals surface area contributed by atoms with E-state index in [2.05, 4.69) is 62.5 Å². The van der Waals surface area contributed by atoms with Crippen LogP contribution in [0.2, 0.25) is 0 Å². The molecule has 0 aromatic heterocycles. The summed E-state index contributed by atoms with van der Waals surface area (Å²) in [5, 5.41) is 0. The van der Waals surface area contributed by atoms with E-state index in [0.717, 1.165) is 51.4 Å². The van der Waals surface area contributed by atoms with Crippen LogP contribution in [-0.4, -0.2) is 76.3 Å². The number of allylic oxidation sites excluding steroid dienone is 7. The van der Waals surface area contributed by atoms with E-state index in [9.17, 15) is 14.3 Å². The van der Waals surface area contributed by atoms with Gasteiger partial charge < -0.3 is 32.6 Å². The van der Waals surface area contributed by atoms with Crippen LogP contribution in [0.4, 0.5) is 0 Å². The summed E-state index contributed by atoms with van der Waals surface area (Å²) >= 11 is 0. The van der Waals surface area contributed by atoms with E-state index in [1.165, 1.54) is 70.6 Å². The summed E-state index contributed by atoms with van der Waals surface area (Å²) in [5.74, 6) is -0.419. The highest BCUT2D eigenvalue weighted by atomic mass is 31.2. The van der Waals surface area contributed by atoms with E-state index < -0.39 is 19.9 Å². The molecule has 4 atom stereocenters. The van der Waals surface area contributed by atoms with E-state index in [1.54, 1.807) is 6.26 Å². The summed E-state index contributed by atoms with van der Waals surface area (Å²) < 4.78 is 40.0. The molecule has 1 fully saturated rings. The molecule has 0 aliphatic carbocycles. The summed E-state index contributed by atoms with van der Waals surface area (Å²) in [6.45, 7) is 4.52. The summed E-state index contributed by atoms with van der Waals surface area (Å²) in [4.78, 5) is 25.0. The first kappa shape index (κ1) is 50.0. The first-order chi connectivity index (χ1) is 26.1. The molecule has 1 rings (SSSR count). The van der Waals surface area contributed by atoms with Gasteiger partial charge in [0.1, 0.15) is 19.8 Å². The minimum atomic E-state index is -4.56. The molecular formula is C44H78NO8P. The molecule has 1 aliphatic heterocycles. The number of carbonyl (C=O) groups is 1. The van der Waals surface area contributed by atoms with Crippen molar-refractivity contribution in [2.24, 2.45) is 0 Å². The van der Waals surface area contributed by atoms with Crippen LogP contribution >= 0.6 is 7.82 Å². The van der Waals surface area contributed by atoms with Crippen molar-refractivity contribution in [1.29, 1.82) is 0 Å². The minimum Gasteiger partial charge on any atom is -0.756 e. The average Bonchev–Trinajstić information content (AvgIpc) is 3.88. The highest BCUT2D eigenvalue weighted by Crippen LogP contribution is 2.38. The predicted octanol–water partition coefficient (Wildman–Crippen LogP) is 10.9. The monoisotopic (exact) mass is 780 g/mol. The number of hydrogen-bond donors (Lipinski definition) is 0. The topological polar surface area (TPSA) is 107 Å². The number of quaternary nitrogens is 1. The highest BCUT2D eigenvalue weighted by molar-refractivity contribution is 7.45. The molecule has 1 aliphatic rings. The van der Waals surface area contributed by atoms with E-state index in [-0.39, 0.29) is 38.4 Å². The zero-order chi connectivity index (χ0) is 39.6. The zero-order valence-corrected chi connectivity index (χ0v) is 35.7. The zero-order valence-electron chi connectivity index (χ0n) is 34.8. The number of nitrogens with zero attached hydrogens (tertiary/aromatic N) is 1. The van der Waals surface area contributed by atoms with E-state index in [0.29, 0.717) is 17.4 Å². The summed E-state index contributed by atoms with van der Waals surface area (Å²) in [6, 6.07) is 0. The Balaban J connectivity index is 2.32. The molecule has 0 radical (unpaired) electrons. The average molecular weight is 780 g/mol. The largest absolute Gasteiger partial charge is 0.756 e. The fourth-order valence-corrected chi connectivity index (χ4v) is 6.38. The molecule has 0 amide bonds. The third-order valence-corrected chi connectivity index (χ3v) is 10.0. The molecule has 0 saturated carbocycles. The van der Waals surface area contributed by atoms with Gasteiger partial charge in [-0.15, -0.1) is 0 Å². The summed E-state index contributed by atoms with van der Waals surface area (Å²) in [6.07, 6.45) is 43.6. The van der Waals surface area contributed by atoms with E-state index >= 15 is 0 Å². The normalized spacial score (nSPS) is 18.1. The first-order valence-corrected chi connectivity index (χ1v) is 22.6. The molecule has 0 spiro atoms. The van der Waals surface area contributed by atoms with Crippen molar-refractivity contribution < 1.29 is 42.0 Å². The number of likely N-dealkylation sites (N-methyl/N-ethyl adjacent to an activating group) is 1. The van der Waals surface area contributed by atoms with Crippen molar-refractivity contribution in [1.82, 2.24) is 0 Å². The lowest BCUT2D eigenvalue weighted by molar-refractivity contribution is -0.870. The van der Waals surface area contributed by atoms with Crippen LogP contribution < -0.4 is 4.89 Å². The number of carbonyl (C=O) groups excluding carboxylic acids is 1. The summed E-state index contributed by atoms with van der Waals surface area (Å²) in [5.41, 5.74) is 0. The molecule has 0 aromatic rings. The third kappa shape index (κ3) is 33.3. The van der Waals surface area contributed by atoms with Crippen molar-refractivity contribution in [3.63, 3.8) is 0 Å². The lowest BCUT2D eigenvalue weighted by atomic mass is 10.0. The van der Waals surface area contributed by atoms with Crippen LogP contribution in [0.1, 0.15) is 149 Å². The number of hydrogen-bond acceptors (Lipinski definition) is 8. The number of unbranched alkanes of at least 4 members (excludes halogenated alkanes) is 13. The number of esters is 1. The SMILES string of the molecule is CC/C=C\C/C=C\C/C=C\CC1OC1C/C=C\CCCC(=O)OC(CO/C=C\CCCCCCCCCCCCCC)COP(=O)([O-])OCC[N+](C)(C)C. The fourth-order valence-electron chi connectivity index (χ4n) is 5.65. The van der Waals surface area contributed by atoms with Crippen LogP contribution in [-0.2, 0) is 32.6 Å². The predicted molar refractivity (Wildman–Crippen MR) is 221 cm³/mol. The smallest absolute Gasteiger partial charge is 0.306 e. The van der Waals surface area contributed by atoms with Gasteiger partial charge in [-0.2, -0.15) is 0 Å². The Kier molecular flexibility index (Phi) is 30.7.